The minimum absolute atomic E-state index is 0.682. The van der Waals surface area contributed by atoms with E-state index in [4.69, 9.17) is 5.73 Å². The van der Waals surface area contributed by atoms with Gasteiger partial charge in [-0.05, 0) is 55.1 Å². The number of thiophene rings is 1. The highest BCUT2D eigenvalue weighted by molar-refractivity contribution is 7.17. The number of hydrogen-bond donors (Lipinski definition) is 1. The molecule has 0 aliphatic heterocycles. The predicted octanol–water partition coefficient (Wildman–Crippen LogP) is 4.09. The molecule has 0 amide bonds. The molecule has 0 unspecified atom stereocenters. The van der Waals surface area contributed by atoms with Crippen LogP contribution in [0.2, 0.25) is 0 Å². The molecule has 2 aromatic heterocycles. The van der Waals surface area contributed by atoms with E-state index in [1.54, 1.807) is 11.3 Å². The molecule has 108 valence electrons. The van der Waals surface area contributed by atoms with E-state index in [9.17, 15) is 0 Å². The maximum atomic E-state index is 5.71. The number of benzene rings is 1. The van der Waals surface area contributed by atoms with Crippen LogP contribution in [0.3, 0.4) is 0 Å². The molecular formula is C17H19N3S. The Hall–Kier alpha value is -1.91. The number of pyridine rings is 1. The molecule has 0 atom stereocenters. The van der Waals surface area contributed by atoms with Crippen molar-refractivity contribution in [2.45, 2.75) is 13.3 Å². The number of nitrogens with two attached hydrogens (primary N) is 1. The number of anilines is 2. The maximum Gasteiger partial charge on any atom is 0.141 e. The number of hydrogen-bond acceptors (Lipinski definition) is 4. The molecule has 1 aromatic carbocycles. The van der Waals surface area contributed by atoms with E-state index in [0.717, 1.165) is 18.8 Å². The van der Waals surface area contributed by atoms with Gasteiger partial charge in [-0.2, -0.15) is 0 Å². The highest BCUT2D eigenvalue weighted by Crippen LogP contribution is 2.33. The van der Waals surface area contributed by atoms with Gasteiger partial charge in [0.1, 0.15) is 5.82 Å². The summed E-state index contributed by atoms with van der Waals surface area (Å²) in [5.41, 5.74) is 8.14. The Morgan fingerprint density at radius 2 is 2.14 bits per heavy atom. The van der Waals surface area contributed by atoms with Crippen LogP contribution in [0.25, 0.3) is 10.1 Å². The van der Waals surface area contributed by atoms with Crippen molar-refractivity contribution in [3.63, 3.8) is 0 Å². The van der Waals surface area contributed by atoms with E-state index in [-0.39, 0.29) is 0 Å². The van der Waals surface area contributed by atoms with Gasteiger partial charge in [0.05, 0.1) is 0 Å². The first-order valence-electron chi connectivity index (χ1n) is 7.16. The van der Waals surface area contributed by atoms with Gasteiger partial charge in [-0.15, -0.1) is 11.3 Å². The lowest BCUT2D eigenvalue weighted by molar-refractivity contribution is 0.812. The van der Waals surface area contributed by atoms with E-state index < -0.39 is 0 Å². The van der Waals surface area contributed by atoms with E-state index in [0.29, 0.717) is 6.54 Å². The molecule has 0 bridgehead atoms. The van der Waals surface area contributed by atoms with Crippen LogP contribution in [0.1, 0.15) is 12.0 Å². The van der Waals surface area contributed by atoms with E-state index in [2.05, 4.69) is 58.6 Å². The van der Waals surface area contributed by atoms with Crippen molar-refractivity contribution < 1.29 is 0 Å². The van der Waals surface area contributed by atoms with Gasteiger partial charge >= 0.3 is 0 Å². The van der Waals surface area contributed by atoms with E-state index >= 15 is 0 Å². The average Bonchev–Trinajstić information content (AvgIpc) is 2.97. The summed E-state index contributed by atoms with van der Waals surface area (Å²) in [6, 6.07) is 12.8. The summed E-state index contributed by atoms with van der Waals surface area (Å²) in [7, 11) is 0. The molecule has 2 N–H and O–H groups in total. The van der Waals surface area contributed by atoms with Crippen molar-refractivity contribution in [3.05, 3.63) is 53.5 Å². The Morgan fingerprint density at radius 3 is 2.95 bits per heavy atom. The fourth-order valence-corrected chi connectivity index (χ4v) is 3.27. The normalized spacial score (nSPS) is 11.0. The smallest absolute Gasteiger partial charge is 0.141 e. The van der Waals surface area contributed by atoms with Gasteiger partial charge in [0.2, 0.25) is 0 Å². The third-order valence-electron chi connectivity index (χ3n) is 3.51. The molecule has 3 aromatic rings. The second kappa shape index (κ2) is 6.24. The summed E-state index contributed by atoms with van der Waals surface area (Å²) < 4.78 is 1.27. The molecule has 4 heteroatoms. The van der Waals surface area contributed by atoms with Crippen molar-refractivity contribution >= 4 is 32.9 Å². The van der Waals surface area contributed by atoms with Crippen LogP contribution in [0, 0.1) is 6.92 Å². The van der Waals surface area contributed by atoms with Gasteiger partial charge in [-0.25, -0.2) is 4.98 Å². The highest BCUT2D eigenvalue weighted by Gasteiger charge is 2.14. The SMILES string of the molecule is Cc1cccc(N(CCCN)c2nccc3sccc23)c1. The van der Waals surface area contributed by atoms with Crippen LogP contribution < -0.4 is 10.6 Å². The third-order valence-corrected chi connectivity index (χ3v) is 4.40. The number of nitrogens with zero attached hydrogens (tertiary/aromatic N) is 2. The number of aryl methyl sites for hydroxylation is 1. The maximum absolute atomic E-state index is 5.71. The zero-order chi connectivity index (χ0) is 14.7. The first kappa shape index (κ1) is 14.0. The molecular weight excluding hydrogens is 278 g/mol. The standard InChI is InChI=1S/C17H19N3S/c1-13-4-2-5-14(12-13)20(10-3-8-18)17-15-7-11-21-16(15)6-9-19-17/h2,4-7,9,11-12H,3,8,10,18H2,1H3. The molecule has 21 heavy (non-hydrogen) atoms. The Morgan fingerprint density at radius 1 is 1.24 bits per heavy atom. The topological polar surface area (TPSA) is 42.1 Å². The van der Waals surface area contributed by atoms with Gasteiger partial charge in [0.25, 0.3) is 0 Å². The Bertz CT molecular complexity index is 735. The second-order valence-corrected chi connectivity index (χ2v) is 6.05. The van der Waals surface area contributed by atoms with Crippen LogP contribution in [0.15, 0.2) is 48.0 Å². The molecule has 0 aliphatic rings. The van der Waals surface area contributed by atoms with Gasteiger partial charge < -0.3 is 10.6 Å². The van der Waals surface area contributed by atoms with Crippen molar-refractivity contribution in [2.75, 3.05) is 18.0 Å². The van der Waals surface area contributed by atoms with Crippen molar-refractivity contribution in [1.29, 1.82) is 0 Å². The van der Waals surface area contributed by atoms with Crippen molar-refractivity contribution in [2.24, 2.45) is 5.73 Å². The van der Waals surface area contributed by atoms with Crippen LogP contribution in [0.4, 0.5) is 11.5 Å². The van der Waals surface area contributed by atoms with Crippen LogP contribution in [-0.4, -0.2) is 18.1 Å². The van der Waals surface area contributed by atoms with Crippen molar-refractivity contribution in [3.8, 4) is 0 Å². The number of fused-ring (bicyclic) bond motifs is 1. The largest absolute Gasteiger partial charge is 0.330 e. The summed E-state index contributed by atoms with van der Waals surface area (Å²) in [6.45, 7) is 3.67. The Kier molecular flexibility index (Phi) is 4.18. The highest BCUT2D eigenvalue weighted by atomic mass is 32.1. The lowest BCUT2D eigenvalue weighted by Crippen LogP contribution is -2.22. The Labute approximate surface area is 129 Å². The minimum atomic E-state index is 0.682. The van der Waals surface area contributed by atoms with Gasteiger partial charge in [0, 0.05) is 28.5 Å². The van der Waals surface area contributed by atoms with Crippen LogP contribution >= 0.6 is 11.3 Å². The summed E-state index contributed by atoms with van der Waals surface area (Å²) in [4.78, 5) is 6.90. The summed E-state index contributed by atoms with van der Waals surface area (Å²) in [5.74, 6) is 1.02. The Balaban J connectivity index is 2.08. The van der Waals surface area contributed by atoms with Gasteiger partial charge in [0.15, 0.2) is 0 Å². The monoisotopic (exact) mass is 297 g/mol. The summed E-state index contributed by atoms with van der Waals surface area (Å²) in [6.07, 6.45) is 2.83. The molecule has 2 heterocycles. The zero-order valence-corrected chi connectivity index (χ0v) is 12.9. The zero-order valence-electron chi connectivity index (χ0n) is 12.1. The summed E-state index contributed by atoms with van der Waals surface area (Å²) in [5, 5.41) is 3.33. The van der Waals surface area contributed by atoms with E-state index in [1.165, 1.54) is 21.3 Å². The molecule has 0 saturated heterocycles. The van der Waals surface area contributed by atoms with E-state index in [1.807, 2.05) is 6.20 Å². The molecule has 3 nitrogen and oxygen atoms in total. The lowest BCUT2D eigenvalue weighted by Gasteiger charge is -2.24. The number of aromatic nitrogens is 1. The average molecular weight is 297 g/mol. The van der Waals surface area contributed by atoms with Crippen molar-refractivity contribution in [1.82, 2.24) is 4.98 Å². The first-order valence-corrected chi connectivity index (χ1v) is 8.04. The first-order chi connectivity index (χ1) is 10.3. The molecule has 0 spiro atoms. The minimum Gasteiger partial charge on any atom is -0.330 e. The second-order valence-electron chi connectivity index (χ2n) is 5.10. The van der Waals surface area contributed by atoms with Gasteiger partial charge in [-0.1, -0.05) is 12.1 Å². The number of rotatable bonds is 5. The quantitative estimate of drug-likeness (QED) is 0.771. The fraction of sp³-hybridized carbons (Fsp3) is 0.235. The summed E-state index contributed by atoms with van der Waals surface area (Å²) >= 11 is 1.75. The predicted molar refractivity (Wildman–Crippen MR) is 91.5 cm³/mol. The third kappa shape index (κ3) is 2.91. The molecule has 0 fully saturated rings. The van der Waals surface area contributed by atoms with Gasteiger partial charge in [-0.3, -0.25) is 0 Å². The fourth-order valence-electron chi connectivity index (χ4n) is 2.50. The molecule has 0 aliphatic carbocycles. The molecule has 3 rings (SSSR count). The molecule has 0 radical (unpaired) electrons. The molecule has 0 saturated carbocycles. The van der Waals surface area contributed by atoms with Crippen LogP contribution in [0.5, 0.6) is 0 Å². The van der Waals surface area contributed by atoms with Crippen LogP contribution in [-0.2, 0) is 0 Å². The lowest BCUT2D eigenvalue weighted by atomic mass is 10.2.